The molecule has 0 aliphatic heterocycles. The van der Waals surface area contributed by atoms with E-state index in [-0.39, 0.29) is 0 Å². The summed E-state index contributed by atoms with van der Waals surface area (Å²) in [5, 5.41) is 9.11. The monoisotopic (exact) mass is 231 g/mol. The van der Waals surface area contributed by atoms with Crippen LogP contribution in [0, 0.1) is 11.3 Å². The molecule has 3 heteroatoms. The zero-order valence-electron chi connectivity index (χ0n) is 10.8. The number of hydrogen-bond acceptors (Lipinski definition) is 3. The highest BCUT2D eigenvalue weighted by Crippen LogP contribution is 2.19. The van der Waals surface area contributed by atoms with Crippen molar-refractivity contribution in [2.24, 2.45) is 0 Å². The lowest BCUT2D eigenvalue weighted by atomic mass is 10.2. The largest absolute Gasteiger partial charge is 0.369 e. The molecule has 0 radical (unpaired) electrons. The van der Waals surface area contributed by atoms with Crippen LogP contribution in [0.5, 0.6) is 0 Å². The molecule has 0 fully saturated rings. The molecule has 0 unspecified atom stereocenters. The predicted octanol–water partition coefficient (Wildman–Crippen LogP) is 3.36. The lowest BCUT2D eigenvalue weighted by Crippen LogP contribution is -2.26. The van der Waals surface area contributed by atoms with Crippen LogP contribution >= 0.6 is 0 Å². The van der Waals surface area contributed by atoms with Crippen LogP contribution in [-0.4, -0.2) is 18.1 Å². The predicted molar refractivity (Wildman–Crippen MR) is 71.0 cm³/mol. The summed E-state index contributed by atoms with van der Waals surface area (Å²) in [4.78, 5) is 6.43. The molecule has 92 valence electrons. The summed E-state index contributed by atoms with van der Waals surface area (Å²) in [6.45, 7) is 6.40. The van der Waals surface area contributed by atoms with E-state index in [1.165, 1.54) is 12.8 Å². The molecule has 0 aliphatic rings. The van der Waals surface area contributed by atoms with Gasteiger partial charge in [-0.15, -0.1) is 0 Å². The summed E-state index contributed by atoms with van der Waals surface area (Å²) >= 11 is 0. The van der Waals surface area contributed by atoms with E-state index in [9.17, 15) is 0 Å². The van der Waals surface area contributed by atoms with Crippen LogP contribution in [0.4, 0.5) is 5.69 Å². The summed E-state index contributed by atoms with van der Waals surface area (Å²) in [5.41, 5.74) is 1.71. The maximum absolute atomic E-state index is 9.11. The number of nitriles is 1. The standard InChI is InChI=1S/C14H21N3/c1-3-5-9-17(10-6-4-2)14-12-16-8-7-13(14)11-15/h7-8,12H,3-6,9-10H2,1-2H3. The average Bonchev–Trinajstić information content (AvgIpc) is 2.39. The molecule has 0 aliphatic carbocycles. The summed E-state index contributed by atoms with van der Waals surface area (Å²) in [6.07, 6.45) is 8.15. The third-order valence-corrected chi connectivity index (χ3v) is 2.82. The molecule has 1 heterocycles. The molecule has 0 N–H and O–H groups in total. The van der Waals surface area contributed by atoms with E-state index >= 15 is 0 Å². The molecule has 17 heavy (non-hydrogen) atoms. The first-order chi connectivity index (χ1) is 8.33. The van der Waals surface area contributed by atoms with Crippen molar-refractivity contribution < 1.29 is 0 Å². The average molecular weight is 231 g/mol. The Morgan fingerprint density at radius 1 is 1.24 bits per heavy atom. The minimum absolute atomic E-state index is 0.729. The van der Waals surface area contributed by atoms with E-state index in [0.29, 0.717) is 0 Å². The van der Waals surface area contributed by atoms with Crippen molar-refractivity contribution in [1.29, 1.82) is 5.26 Å². The minimum Gasteiger partial charge on any atom is -0.369 e. The van der Waals surface area contributed by atoms with Gasteiger partial charge in [0, 0.05) is 19.3 Å². The van der Waals surface area contributed by atoms with Crippen molar-refractivity contribution in [3.63, 3.8) is 0 Å². The van der Waals surface area contributed by atoms with Gasteiger partial charge in [0.15, 0.2) is 0 Å². The van der Waals surface area contributed by atoms with E-state index < -0.39 is 0 Å². The van der Waals surface area contributed by atoms with Crippen LogP contribution in [0.1, 0.15) is 45.1 Å². The molecule has 0 bridgehead atoms. The maximum Gasteiger partial charge on any atom is 0.101 e. The van der Waals surface area contributed by atoms with Crippen LogP contribution in [0.2, 0.25) is 0 Å². The fourth-order valence-corrected chi connectivity index (χ4v) is 1.78. The number of aromatic nitrogens is 1. The van der Waals surface area contributed by atoms with Crippen molar-refractivity contribution in [1.82, 2.24) is 4.98 Å². The second-order valence-corrected chi connectivity index (χ2v) is 4.20. The first kappa shape index (κ1) is 13.5. The number of pyridine rings is 1. The number of unbranched alkanes of at least 4 members (excludes halogenated alkanes) is 2. The van der Waals surface area contributed by atoms with Crippen molar-refractivity contribution in [2.75, 3.05) is 18.0 Å². The van der Waals surface area contributed by atoms with E-state index in [0.717, 1.165) is 37.2 Å². The van der Waals surface area contributed by atoms with Crippen molar-refractivity contribution >= 4 is 5.69 Å². The van der Waals surface area contributed by atoms with Crippen LogP contribution in [-0.2, 0) is 0 Å². The van der Waals surface area contributed by atoms with Gasteiger partial charge < -0.3 is 4.90 Å². The summed E-state index contributed by atoms with van der Waals surface area (Å²) in [5.74, 6) is 0. The Balaban J connectivity index is 2.83. The molecular formula is C14H21N3. The lowest BCUT2D eigenvalue weighted by Gasteiger charge is -2.25. The lowest BCUT2D eigenvalue weighted by molar-refractivity contribution is 0.676. The number of hydrogen-bond donors (Lipinski definition) is 0. The molecule has 1 rings (SSSR count). The third-order valence-electron chi connectivity index (χ3n) is 2.82. The normalized spacial score (nSPS) is 9.94. The smallest absolute Gasteiger partial charge is 0.101 e. The molecule has 0 atom stereocenters. The summed E-state index contributed by atoms with van der Waals surface area (Å²) in [6, 6.07) is 4.04. The van der Waals surface area contributed by atoms with Gasteiger partial charge in [-0.05, 0) is 18.9 Å². The van der Waals surface area contributed by atoms with Gasteiger partial charge in [-0.3, -0.25) is 4.98 Å². The maximum atomic E-state index is 9.11. The van der Waals surface area contributed by atoms with Gasteiger partial charge >= 0.3 is 0 Å². The molecule has 3 nitrogen and oxygen atoms in total. The van der Waals surface area contributed by atoms with Gasteiger partial charge in [0.05, 0.1) is 17.4 Å². The molecular weight excluding hydrogens is 210 g/mol. The van der Waals surface area contributed by atoms with E-state index in [4.69, 9.17) is 5.26 Å². The van der Waals surface area contributed by atoms with Gasteiger partial charge in [0.1, 0.15) is 6.07 Å². The summed E-state index contributed by atoms with van der Waals surface area (Å²) < 4.78 is 0. The van der Waals surface area contributed by atoms with Gasteiger partial charge in [-0.25, -0.2) is 0 Å². The minimum atomic E-state index is 0.729. The molecule has 0 spiro atoms. The Labute approximate surface area is 104 Å². The zero-order chi connectivity index (χ0) is 12.5. The van der Waals surface area contributed by atoms with Crippen molar-refractivity contribution in [2.45, 2.75) is 39.5 Å². The number of rotatable bonds is 7. The third kappa shape index (κ3) is 4.07. The highest BCUT2D eigenvalue weighted by atomic mass is 15.1. The Kier molecular flexibility index (Phi) is 6.09. The molecule has 0 amide bonds. The van der Waals surface area contributed by atoms with Gasteiger partial charge in [-0.2, -0.15) is 5.26 Å². The highest BCUT2D eigenvalue weighted by Gasteiger charge is 2.10. The Hall–Kier alpha value is -1.56. The molecule has 0 aromatic carbocycles. The van der Waals surface area contributed by atoms with E-state index in [1.54, 1.807) is 12.3 Å². The van der Waals surface area contributed by atoms with E-state index in [1.807, 2.05) is 6.20 Å². The fourth-order valence-electron chi connectivity index (χ4n) is 1.78. The topological polar surface area (TPSA) is 39.9 Å². The summed E-state index contributed by atoms with van der Waals surface area (Å²) in [7, 11) is 0. The molecule has 1 aromatic rings. The van der Waals surface area contributed by atoms with Gasteiger partial charge in [0.2, 0.25) is 0 Å². The Morgan fingerprint density at radius 3 is 2.41 bits per heavy atom. The SMILES string of the molecule is CCCCN(CCCC)c1cnccc1C#N. The van der Waals surface area contributed by atoms with Gasteiger partial charge in [0.25, 0.3) is 0 Å². The van der Waals surface area contributed by atoms with E-state index in [2.05, 4.69) is 29.8 Å². The van der Waals surface area contributed by atoms with Crippen LogP contribution in [0.15, 0.2) is 18.5 Å². The molecule has 0 saturated heterocycles. The molecule has 0 saturated carbocycles. The number of anilines is 1. The number of nitrogens with zero attached hydrogens (tertiary/aromatic N) is 3. The van der Waals surface area contributed by atoms with Crippen molar-refractivity contribution in [3.8, 4) is 6.07 Å². The van der Waals surface area contributed by atoms with Crippen LogP contribution < -0.4 is 4.90 Å². The Bertz CT molecular complexity index is 360. The first-order valence-electron chi connectivity index (χ1n) is 6.42. The van der Waals surface area contributed by atoms with Crippen LogP contribution in [0.3, 0.4) is 0 Å². The van der Waals surface area contributed by atoms with Crippen molar-refractivity contribution in [3.05, 3.63) is 24.0 Å². The molecule has 1 aromatic heterocycles. The van der Waals surface area contributed by atoms with Gasteiger partial charge in [-0.1, -0.05) is 26.7 Å². The fraction of sp³-hybridized carbons (Fsp3) is 0.571. The quantitative estimate of drug-likeness (QED) is 0.722. The Morgan fingerprint density at radius 2 is 1.88 bits per heavy atom. The zero-order valence-corrected chi connectivity index (χ0v) is 10.8. The second-order valence-electron chi connectivity index (χ2n) is 4.20. The first-order valence-corrected chi connectivity index (χ1v) is 6.42. The van der Waals surface area contributed by atoms with Crippen LogP contribution in [0.25, 0.3) is 0 Å². The second kappa shape index (κ2) is 7.67. The highest BCUT2D eigenvalue weighted by molar-refractivity contribution is 5.57.